The second kappa shape index (κ2) is 5.05. The van der Waals surface area contributed by atoms with Crippen molar-refractivity contribution >= 4 is 22.5 Å². The first-order chi connectivity index (χ1) is 11.1. The number of nitrogens with one attached hydrogen (secondary N) is 2. The van der Waals surface area contributed by atoms with Crippen LogP contribution in [-0.2, 0) is 19.9 Å². The molecule has 0 bridgehead atoms. The van der Waals surface area contributed by atoms with Gasteiger partial charge in [0.2, 0.25) is 0 Å². The fraction of sp³-hybridized carbons (Fsp3) is 0.250. The Morgan fingerprint density at radius 1 is 1.35 bits per heavy atom. The van der Waals surface area contributed by atoms with Gasteiger partial charge in [-0.15, -0.1) is 0 Å². The van der Waals surface area contributed by atoms with Crippen LogP contribution in [0.3, 0.4) is 0 Å². The van der Waals surface area contributed by atoms with Crippen molar-refractivity contribution in [2.45, 2.75) is 19.3 Å². The van der Waals surface area contributed by atoms with Crippen molar-refractivity contribution in [2.24, 2.45) is 7.05 Å². The smallest absolute Gasteiger partial charge is 0.276 e. The Hall–Kier alpha value is -2.96. The third kappa shape index (κ3) is 2.21. The van der Waals surface area contributed by atoms with Gasteiger partial charge in [-0.25, -0.2) is 4.98 Å². The largest absolute Gasteiger partial charge is 0.321 e. The highest BCUT2D eigenvalue weighted by Crippen LogP contribution is 2.23. The number of hydrogen-bond acceptors (Lipinski definition) is 4. The molecule has 4 rings (SSSR count). The van der Waals surface area contributed by atoms with Crippen LogP contribution in [0.25, 0.3) is 10.9 Å². The Kier molecular flexibility index (Phi) is 3.00. The van der Waals surface area contributed by atoms with E-state index in [1.807, 2.05) is 0 Å². The van der Waals surface area contributed by atoms with Gasteiger partial charge in [-0.05, 0) is 37.5 Å². The number of H-pyrrole nitrogens is 1. The standard InChI is InChI=1S/C16H15N5O2/c1-21-8-17-12-6-5-9(7-11(12)16(21)23)18-15(22)14-10-3-2-4-13(10)19-20-14/h5-8H,2-4H2,1H3,(H,18,22)(H,19,20). The molecule has 0 radical (unpaired) electrons. The Morgan fingerprint density at radius 2 is 2.22 bits per heavy atom. The molecule has 0 saturated heterocycles. The average molecular weight is 309 g/mol. The molecule has 1 amide bonds. The zero-order valence-corrected chi connectivity index (χ0v) is 12.6. The van der Waals surface area contributed by atoms with Gasteiger partial charge in [-0.1, -0.05) is 0 Å². The molecule has 7 nitrogen and oxygen atoms in total. The summed E-state index contributed by atoms with van der Waals surface area (Å²) in [5.74, 6) is -0.260. The molecule has 0 atom stereocenters. The second-order valence-corrected chi connectivity index (χ2v) is 5.73. The molecular formula is C16H15N5O2. The molecule has 0 fully saturated rings. The minimum absolute atomic E-state index is 0.147. The van der Waals surface area contributed by atoms with Gasteiger partial charge in [0.1, 0.15) is 0 Å². The van der Waals surface area contributed by atoms with Gasteiger partial charge >= 0.3 is 0 Å². The maximum atomic E-state index is 12.4. The molecule has 1 aliphatic rings. The summed E-state index contributed by atoms with van der Waals surface area (Å²) in [5.41, 5.74) is 3.50. The Morgan fingerprint density at radius 3 is 3.09 bits per heavy atom. The van der Waals surface area contributed by atoms with Gasteiger partial charge in [-0.3, -0.25) is 14.7 Å². The van der Waals surface area contributed by atoms with Gasteiger partial charge in [0, 0.05) is 24.0 Å². The van der Waals surface area contributed by atoms with Gasteiger partial charge < -0.3 is 9.88 Å². The predicted octanol–water partition coefficient (Wildman–Crippen LogP) is 1.40. The number of fused-ring (bicyclic) bond motifs is 2. The monoisotopic (exact) mass is 309 g/mol. The number of carbonyl (C=O) groups is 1. The maximum Gasteiger partial charge on any atom is 0.276 e. The summed E-state index contributed by atoms with van der Waals surface area (Å²) in [7, 11) is 1.65. The topological polar surface area (TPSA) is 92.7 Å². The molecule has 0 saturated carbocycles. The summed E-state index contributed by atoms with van der Waals surface area (Å²) in [6.45, 7) is 0. The van der Waals surface area contributed by atoms with Crippen molar-refractivity contribution in [1.29, 1.82) is 0 Å². The van der Waals surface area contributed by atoms with E-state index in [2.05, 4.69) is 20.5 Å². The molecule has 2 heterocycles. The Balaban J connectivity index is 1.68. The number of amides is 1. The third-order valence-corrected chi connectivity index (χ3v) is 4.20. The average Bonchev–Trinajstić information content (AvgIpc) is 3.14. The van der Waals surface area contributed by atoms with Crippen LogP contribution in [0.4, 0.5) is 5.69 Å². The van der Waals surface area contributed by atoms with Gasteiger partial charge in [0.15, 0.2) is 5.69 Å². The summed E-state index contributed by atoms with van der Waals surface area (Å²) >= 11 is 0. The normalized spacial score (nSPS) is 13.3. The molecule has 0 aliphatic heterocycles. The van der Waals surface area contributed by atoms with E-state index in [1.165, 1.54) is 10.9 Å². The lowest BCUT2D eigenvalue weighted by molar-refractivity contribution is 0.102. The van der Waals surface area contributed by atoms with Crippen molar-refractivity contribution in [3.8, 4) is 0 Å². The number of benzene rings is 1. The molecule has 2 aromatic heterocycles. The van der Waals surface area contributed by atoms with Crippen LogP contribution >= 0.6 is 0 Å². The quantitative estimate of drug-likeness (QED) is 0.748. The van der Waals surface area contributed by atoms with Crippen molar-refractivity contribution in [3.63, 3.8) is 0 Å². The van der Waals surface area contributed by atoms with Crippen molar-refractivity contribution in [3.05, 3.63) is 51.8 Å². The molecule has 7 heteroatoms. The van der Waals surface area contributed by atoms with Crippen LogP contribution in [0.15, 0.2) is 29.3 Å². The van der Waals surface area contributed by atoms with E-state index in [4.69, 9.17) is 0 Å². The number of hydrogen-bond donors (Lipinski definition) is 2. The lowest BCUT2D eigenvalue weighted by Gasteiger charge is -2.06. The molecule has 0 spiro atoms. The summed E-state index contributed by atoms with van der Waals surface area (Å²) in [6, 6.07) is 5.11. The van der Waals surface area contributed by atoms with Crippen molar-refractivity contribution < 1.29 is 4.79 Å². The SMILES string of the molecule is Cn1cnc2ccc(NC(=O)c3n[nH]c4c3CCC4)cc2c1=O. The highest BCUT2D eigenvalue weighted by Gasteiger charge is 2.23. The van der Waals surface area contributed by atoms with E-state index in [-0.39, 0.29) is 11.5 Å². The van der Waals surface area contributed by atoms with Crippen LogP contribution in [0.2, 0.25) is 0 Å². The van der Waals surface area contributed by atoms with E-state index < -0.39 is 0 Å². The van der Waals surface area contributed by atoms with E-state index in [0.29, 0.717) is 22.3 Å². The fourth-order valence-electron chi connectivity index (χ4n) is 2.99. The first kappa shape index (κ1) is 13.7. The van der Waals surface area contributed by atoms with Crippen LogP contribution in [0, 0.1) is 0 Å². The van der Waals surface area contributed by atoms with E-state index >= 15 is 0 Å². The highest BCUT2D eigenvalue weighted by molar-refractivity contribution is 6.04. The summed E-state index contributed by atoms with van der Waals surface area (Å²) in [4.78, 5) is 28.8. The molecule has 116 valence electrons. The van der Waals surface area contributed by atoms with Crippen molar-refractivity contribution in [1.82, 2.24) is 19.7 Å². The van der Waals surface area contributed by atoms with Crippen LogP contribution in [0.1, 0.15) is 28.2 Å². The molecule has 0 unspecified atom stereocenters. The minimum Gasteiger partial charge on any atom is -0.321 e. The predicted molar refractivity (Wildman–Crippen MR) is 85.5 cm³/mol. The lowest BCUT2D eigenvalue weighted by atomic mass is 10.2. The number of nitrogens with zero attached hydrogens (tertiary/aromatic N) is 3. The zero-order chi connectivity index (χ0) is 16.0. The second-order valence-electron chi connectivity index (χ2n) is 5.73. The number of aryl methyl sites for hydroxylation is 2. The number of aromatic nitrogens is 4. The first-order valence-electron chi connectivity index (χ1n) is 7.46. The van der Waals surface area contributed by atoms with Crippen LogP contribution in [0.5, 0.6) is 0 Å². The van der Waals surface area contributed by atoms with Crippen molar-refractivity contribution in [2.75, 3.05) is 5.32 Å². The van der Waals surface area contributed by atoms with Gasteiger partial charge in [-0.2, -0.15) is 5.10 Å². The Bertz CT molecular complexity index is 986. The molecule has 3 aromatic rings. The molecule has 1 aliphatic carbocycles. The third-order valence-electron chi connectivity index (χ3n) is 4.20. The number of aromatic amines is 1. The van der Waals surface area contributed by atoms with Gasteiger partial charge in [0.25, 0.3) is 11.5 Å². The maximum absolute atomic E-state index is 12.4. The molecule has 23 heavy (non-hydrogen) atoms. The van der Waals surface area contributed by atoms with E-state index in [0.717, 1.165) is 30.5 Å². The summed E-state index contributed by atoms with van der Waals surface area (Å²) in [5, 5.41) is 10.3. The van der Waals surface area contributed by atoms with E-state index in [1.54, 1.807) is 25.2 Å². The van der Waals surface area contributed by atoms with Crippen LogP contribution < -0.4 is 10.9 Å². The number of rotatable bonds is 2. The fourth-order valence-corrected chi connectivity index (χ4v) is 2.99. The van der Waals surface area contributed by atoms with Gasteiger partial charge in [0.05, 0.1) is 17.2 Å². The molecular weight excluding hydrogens is 294 g/mol. The molecule has 1 aromatic carbocycles. The van der Waals surface area contributed by atoms with Crippen LogP contribution in [-0.4, -0.2) is 25.7 Å². The lowest BCUT2D eigenvalue weighted by Crippen LogP contribution is -2.18. The minimum atomic E-state index is -0.260. The summed E-state index contributed by atoms with van der Waals surface area (Å²) < 4.78 is 1.41. The summed E-state index contributed by atoms with van der Waals surface area (Å²) in [6.07, 6.45) is 4.33. The highest BCUT2D eigenvalue weighted by atomic mass is 16.2. The number of anilines is 1. The Labute approximate surface area is 131 Å². The first-order valence-corrected chi connectivity index (χ1v) is 7.46. The van der Waals surface area contributed by atoms with E-state index in [9.17, 15) is 9.59 Å². The molecule has 2 N–H and O–H groups in total. The number of carbonyl (C=O) groups excluding carboxylic acids is 1. The zero-order valence-electron chi connectivity index (χ0n) is 12.6.